The van der Waals surface area contributed by atoms with E-state index in [-0.39, 0.29) is 0 Å². The van der Waals surface area contributed by atoms with Gasteiger partial charge in [-0.05, 0) is 62.9 Å². The van der Waals surface area contributed by atoms with E-state index in [1.54, 1.807) is 0 Å². The molecule has 2 nitrogen and oxygen atoms in total. The Hall–Kier alpha value is -0.0800. The van der Waals surface area contributed by atoms with Gasteiger partial charge in [-0.1, -0.05) is 40.0 Å². The molecule has 2 saturated carbocycles. The topological polar surface area (TPSA) is 21.3 Å². The molecule has 120 valence electrons. The molecule has 3 aliphatic rings. The van der Waals surface area contributed by atoms with Gasteiger partial charge in [0.1, 0.15) is 0 Å². The molecule has 1 aliphatic heterocycles. The van der Waals surface area contributed by atoms with Crippen molar-refractivity contribution in [3.05, 3.63) is 0 Å². The molecule has 0 atom stereocenters. The maximum atomic E-state index is 5.19. The van der Waals surface area contributed by atoms with Gasteiger partial charge >= 0.3 is 0 Å². The van der Waals surface area contributed by atoms with Crippen molar-refractivity contribution in [1.82, 2.24) is 5.32 Å². The first-order valence-electron chi connectivity index (χ1n) is 8.98. The third-order valence-corrected chi connectivity index (χ3v) is 5.11. The minimum absolute atomic E-state index is 0.587. The van der Waals surface area contributed by atoms with Crippen LogP contribution < -0.4 is 5.32 Å². The summed E-state index contributed by atoms with van der Waals surface area (Å²) in [6.07, 6.45) is 13.2. The molecule has 0 aromatic rings. The van der Waals surface area contributed by atoms with Crippen LogP contribution in [0.25, 0.3) is 0 Å². The van der Waals surface area contributed by atoms with Crippen molar-refractivity contribution in [2.75, 3.05) is 20.2 Å². The molecule has 20 heavy (non-hydrogen) atoms. The Morgan fingerprint density at radius 3 is 1.90 bits per heavy atom. The van der Waals surface area contributed by atoms with Crippen molar-refractivity contribution in [1.29, 1.82) is 0 Å². The zero-order valence-corrected chi connectivity index (χ0v) is 14.3. The SMILES string of the molecule is CC.CC1CC2(CCNCC2)C1.COC1CCCCC1. The molecule has 1 N–H and O–H groups in total. The molecule has 3 rings (SSSR count). The summed E-state index contributed by atoms with van der Waals surface area (Å²) in [4.78, 5) is 0. The van der Waals surface area contributed by atoms with Crippen molar-refractivity contribution >= 4 is 0 Å². The largest absolute Gasteiger partial charge is 0.381 e. The number of ether oxygens (including phenoxy) is 1. The Morgan fingerprint density at radius 2 is 1.50 bits per heavy atom. The van der Waals surface area contributed by atoms with E-state index in [2.05, 4.69) is 12.2 Å². The fourth-order valence-corrected chi connectivity index (χ4v) is 4.08. The van der Waals surface area contributed by atoms with Crippen molar-refractivity contribution in [3.63, 3.8) is 0 Å². The van der Waals surface area contributed by atoms with Gasteiger partial charge in [0.25, 0.3) is 0 Å². The van der Waals surface area contributed by atoms with E-state index < -0.39 is 0 Å². The smallest absolute Gasteiger partial charge is 0.0571 e. The Bertz CT molecular complexity index is 214. The van der Waals surface area contributed by atoms with Crippen LogP contribution >= 0.6 is 0 Å². The molecule has 0 unspecified atom stereocenters. The van der Waals surface area contributed by atoms with Crippen LogP contribution in [0.1, 0.15) is 78.6 Å². The summed E-state index contributed by atoms with van der Waals surface area (Å²) < 4.78 is 5.19. The maximum absolute atomic E-state index is 5.19. The zero-order chi connectivity index (χ0) is 14.8. The fourth-order valence-electron chi connectivity index (χ4n) is 4.08. The second-order valence-corrected chi connectivity index (χ2v) is 6.76. The van der Waals surface area contributed by atoms with Crippen LogP contribution in [0.5, 0.6) is 0 Å². The summed E-state index contributed by atoms with van der Waals surface area (Å²) in [7, 11) is 1.82. The molecule has 1 saturated heterocycles. The first-order chi connectivity index (χ1) is 9.74. The highest BCUT2D eigenvalue weighted by Crippen LogP contribution is 2.51. The fraction of sp³-hybridized carbons (Fsp3) is 1.00. The summed E-state index contributed by atoms with van der Waals surface area (Å²) in [5.41, 5.74) is 0.810. The molecule has 0 aromatic heterocycles. The van der Waals surface area contributed by atoms with Crippen LogP contribution in [0.15, 0.2) is 0 Å². The van der Waals surface area contributed by atoms with Crippen LogP contribution in [0, 0.1) is 11.3 Å². The van der Waals surface area contributed by atoms with Gasteiger partial charge < -0.3 is 10.1 Å². The predicted octanol–water partition coefficient (Wildman–Crippen LogP) is 4.78. The average Bonchev–Trinajstić information content (AvgIpc) is 2.50. The normalized spacial score (nSPS) is 25.8. The molecule has 0 amide bonds. The van der Waals surface area contributed by atoms with Crippen LogP contribution in [-0.4, -0.2) is 26.3 Å². The van der Waals surface area contributed by atoms with Gasteiger partial charge in [0.15, 0.2) is 0 Å². The predicted molar refractivity (Wildman–Crippen MR) is 88.2 cm³/mol. The van der Waals surface area contributed by atoms with Crippen molar-refractivity contribution in [2.45, 2.75) is 84.7 Å². The molecule has 0 radical (unpaired) electrons. The Kier molecular flexibility index (Phi) is 8.79. The molecule has 2 heteroatoms. The van der Waals surface area contributed by atoms with Gasteiger partial charge in [-0.3, -0.25) is 0 Å². The van der Waals surface area contributed by atoms with E-state index in [1.807, 2.05) is 21.0 Å². The average molecular weight is 284 g/mol. The van der Waals surface area contributed by atoms with E-state index in [0.717, 1.165) is 11.3 Å². The lowest BCUT2D eigenvalue weighted by atomic mass is 9.58. The van der Waals surface area contributed by atoms with Crippen LogP contribution in [0.2, 0.25) is 0 Å². The first kappa shape index (κ1) is 18.0. The number of methoxy groups -OCH3 is 1. The molecule has 2 aliphatic carbocycles. The monoisotopic (exact) mass is 283 g/mol. The quantitative estimate of drug-likeness (QED) is 0.748. The minimum atomic E-state index is 0.587. The highest BCUT2D eigenvalue weighted by atomic mass is 16.5. The summed E-state index contributed by atoms with van der Waals surface area (Å²) in [5, 5.41) is 3.42. The van der Waals surface area contributed by atoms with Gasteiger partial charge in [0, 0.05) is 7.11 Å². The highest BCUT2D eigenvalue weighted by molar-refractivity contribution is 4.94. The van der Waals surface area contributed by atoms with Gasteiger partial charge in [-0.25, -0.2) is 0 Å². The summed E-state index contributed by atoms with van der Waals surface area (Å²) in [6, 6.07) is 0. The van der Waals surface area contributed by atoms with Crippen LogP contribution in [0.3, 0.4) is 0 Å². The second-order valence-electron chi connectivity index (χ2n) is 6.76. The van der Waals surface area contributed by atoms with E-state index in [4.69, 9.17) is 4.74 Å². The number of hydrogen-bond acceptors (Lipinski definition) is 2. The van der Waals surface area contributed by atoms with E-state index in [0.29, 0.717) is 6.10 Å². The number of nitrogens with one attached hydrogen (secondary N) is 1. The maximum Gasteiger partial charge on any atom is 0.0571 e. The summed E-state index contributed by atoms with van der Waals surface area (Å²) in [5.74, 6) is 1.03. The van der Waals surface area contributed by atoms with Gasteiger partial charge in [-0.15, -0.1) is 0 Å². The Morgan fingerprint density at radius 1 is 0.950 bits per heavy atom. The van der Waals surface area contributed by atoms with Gasteiger partial charge in [0.2, 0.25) is 0 Å². The molecule has 0 aromatic carbocycles. The third kappa shape index (κ3) is 5.73. The highest BCUT2D eigenvalue weighted by Gasteiger charge is 2.41. The molecule has 1 heterocycles. The molecule has 0 bridgehead atoms. The zero-order valence-electron chi connectivity index (χ0n) is 14.3. The van der Waals surface area contributed by atoms with Crippen LogP contribution in [-0.2, 0) is 4.74 Å². The molecule has 1 spiro atoms. The van der Waals surface area contributed by atoms with E-state index in [1.165, 1.54) is 70.9 Å². The molecule has 3 fully saturated rings. The molecular weight excluding hydrogens is 246 g/mol. The Balaban J connectivity index is 0.000000182. The standard InChI is InChI=1S/C9H17N.C7H14O.C2H6/c1-8-6-9(7-8)2-4-10-5-3-9;1-8-7-5-3-2-4-6-7;1-2/h8,10H,2-7H2,1H3;7H,2-6H2,1H3;1-2H3. The minimum Gasteiger partial charge on any atom is -0.381 e. The van der Waals surface area contributed by atoms with Crippen LogP contribution in [0.4, 0.5) is 0 Å². The Labute approximate surface area is 127 Å². The lowest BCUT2D eigenvalue weighted by molar-refractivity contribution is 0.0315. The van der Waals surface area contributed by atoms with Gasteiger partial charge in [-0.2, -0.15) is 0 Å². The number of piperidine rings is 1. The van der Waals surface area contributed by atoms with E-state index in [9.17, 15) is 0 Å². The van der Waals surface area contributed by atoms with Crippen molar-refractivity contribution in [3.8, 4) is 0 Å². The summed E-state index contributed by atoms with van der Waals surface area (Å²) in [6.45, 7) is 8.92. The van der Waals surface area contributed by atoms with Crippen molar-refractivity contribution in [2.24, 2.45) is 11.3 Å². The number of hydrogen-bond donors (Lipinski definition) is 1. The van der Waals surface area contributed by atoms with Crippen molar-refractivity contribution < 1.29 is 4.74 Å². The lowest BCUT2D eigenvalue weighted by Gasteiger charge is -2.49. The molecular formula is C18H37NO. The number of rotatable bonds is 1. The summed E-state index contributed by atoms with van der Waals surface area (Å²) >= 11 is 0. The first-order valence-corrected chi connectivity index (χ1v) is 8.98. The van der Waals surface area contributed by atoms with Gasteiger partial charge in [0.05, 0.1) is 6.10 Å². The second kappa shape index (κ2) is 9.78. The lowest BCUT2D eigenvalue weighted by Crippen LogP contribution is -2.44. The third-order valence-electron chi connectivity index (χ3n) is 5.11. The van der Waals surface area contributed by atoms with E-state index >= 15 is 0 Å².